The van der Waals surface area contributed by atoms with Crippen LogP contribution in [0.15, 0.2) is 17.7 Å². The first-order chi connectivity index (χ1) is 13.1. The van der Waals surface area contributed by atoms with Crippen molar-refractivity contribution in [1.29, 1.82) is 0 Å². The van der Waals surface area contributed by atoms with Crippen molar-refractivity contribution >= 4 is 17.4 Å². The lowest BCUT2D eigenvalue weighted by Gasteiger charge is -2.35. The first-order valence-corrected chi connectivity index (χ1v) is 9.67. The van der Waals surface area contributed by atoms with E-state index in [2.05, 4.69) is 16.7 Å². The van der Waals surface area contributed by atoms with Crippen LogP contribution in [0.5, 0.6) is 11.5 Å². The van der Waals surface area contributed by atoms with Gasteiger partial charge in [0.25, 0.3) is 0 Å². The van der Waals surface area contributed by atoms with E-state index in [1.54, 1.807) is 19.1 Å². The second-order valence-corrected chi connectivity index (χ2v) is 7.49. The number of likely N-dealkylation sites (tertiary alicyclic amines) is 1. The highest BCUT2D eigenvalue weighted by Crippen LogP contribution is 2.44. The second kappa shape index (κ2) is 7.21. The maximum atomic E-state index is 11.4. The van der Waals surface area contributed by atoms with Gasteiger partial charge in [-0.2, -0.15) is 0 Å². The smallest absolute Gasteiger partial charge is 0.314 e. The first-order valence-electron chi connectivity index (χ1n) is 9.67. The molecule has 2 amide bonds. The summed E-state index contributed by atoms with van der Waals surface area (Å²) in [5.41, 5.74) is 10.3. The van der Waals surface area contributed by atoms with Crippen molar-refractivity contribution in [2.24, 2.45) is 5.73 Å². The third-order valence-corrected chi connectivity index (χ3v) is 5.96. The Morgan fingerprint density at radius 1 is 1.19 bits per heavy atom. The van der Waals surface area contributed by atoms with Crippen LogP contribution >= 0.6 is 0 Å². The lowest BCUT2D eigenvalue weighted by molar-refractivity contribution is 0.188. The van der Waals surface area contributed by atoms with E-state index < -0.39 is 0 Å². The molecule has 0 aromatic heterocycles. The quantitative estimate of drug-likeness (QED) is 0.756. The van der Waals surface area contributed by atoms with Crippen molar-refractivity contribution in [3.8, 4) is 11.5 Å². The zero-order valence-electron chi connectivity index (χ0n) is 16.0. The Bertz CT molecular complexity index is 769. The average molecular weight is 372 g/mol. The maximum absolute atomic E-state index is 11.4. The number of piperidine rings is 1. The standard InChI is InChI=1S/C20H28N4O3/c1-26-17-10-14-16(11-18(17)27-2)23-15-5-3-4-13(15)19(14)22-12-6-8-24(9-7-12)20(21)25/h10-12,15,22-23H,3-9H2,1-2H3,(H2,21,25). The van der Waals surface area contributed by atoms with Crippen LogP contribution < -0.4 is 25.8 Å². The summed E-state index contributed by atoms with van der Waals surface area (Å²) in [6, 6.07) is 4.48. The van der Waals surface area contributed by atoms with E-state index >= 15 is 0 Å². The van der Waals surface area contributed by atoms with Crippen LogP contribution in [0.25, 0.3) is 5.70 Å². The fraction of sp³-hybridized carbons (Fsp3) is 0.550. The molecule has 1 aromatic rings. The van der Waals surface area contributed by atoms with E-state index in [1.807, 2.05) is 6.07 Å². The van der Waals surface area contributed by atoms with E-state index in [0.717, 1.165) is 48.4 Å². The van der Waals surface area contributed by atoms with Crippen molar-refractivity contribution < 1.29 is 14.3 Å². The molecule has 0 bridgehead atoms. The number of amides is 2. The van der Waals surface area contributed by atoms with Gasteiger partial charge in [-0.1, -0.05) is 0 Å². The molecule has 1 aromatic carbocycles. The maximum Gasteiger partial charge on any atom is 0.314 e. The second-order valence-electron chi connectivity index (χ2n) is 7.49. The Morgan fingerprint density at radius 3 is 2.56 bits per heavy atom. The molecule has 1 saturated heterocycles. The minimum Gasteiger partial charge on any atom is -0.493 e. The molecule has 7 nitrogen and oxygen atoms in total. The number of anilines is 1. The van der Waals surface area contributed by atoms with Gasteiger partial charge >= 0.3 is 6.03 Å². The van der Waals surface area contributed by atoms with Gasteiger partial charge in [0.15, 0.2) is 11.5 Å². The van der Waals surface area contributed by atoms with Crippen LogP contribution in [-0.4, -0.2) is 50.3 Å². The van der Waals surface area contributed by atoms with Crippen molar-refractivity contribution in [3.63, 3.8) is 0 Å². The minimum absolute atomic E-state index is 0.324. The van der Waals surface area contributed by atoms with Gasteiger partial charge in [0, 0.05) is 48.2 Å². The van der Waals surface area contributed by atoms with Crippen LogP contribution in [0.4, 0.5) is 10.5 Å². The fourth-order valence-corrected chi connectivity index (χ4v) is 4.49. The van der Waals surface area contributed by atoms with Crippen LogP contribution in [0.2, 0.25) is 0 Å². The van der Waals surface area contributed by atoms with Gasteiger partial charge in [0.2, 0.25) is 0 Å². The third kappa shape index (κ3) is 3.26. The van der Waals surface area contributed by atoms with Gasteiger partial charge in [0.1, 0.15) is 0 Å². The van der Waals surface area contributed by atoms with Gasteiger partial charge in [-0.25, -0.2) is 4.79 Å². The van der Waals surface area contributed by atoms with Crippen LogP contribution in [0, 0.1) is 0 Å². The molecule has 1 aliphatic carbocycles. The summed E-state index contributed by atoms with van der Waals surface area (Å²) >= 11 is 0. The van der Waals surface area contributed by atoms with E-state index in [0.29, 0.717) is 25.2 Å². The van der Waals surface area contributed by atoms with Gasteiger partial charge in [-0.3, -0.25) is 0 Å². The highest BCUT2D eigenvalue weighted by Gasteiger charge is 2.33. The lowest BCUT2D eigenvalue weighted by Crippen LogP contribution is -2.47. The van der Waals surface area contributed by atoms with Gasteiger partial charge in [-0.05, 0) is 43.7 Å². The number of benzene rings is 1. The van der Waals surface area contributed by atoms with Crippen molar-refractivity contribution in [2.45, 2.75) is 44.2 Å². The predicted molar refractivity (Wildman–Crippen MR) is 105 cm³/mol. The lowest BCUT2D eigenvalue weighted by atomic mass is 9.93. The summed E-state index contributed by atoms with van der Waals surface area (Å²) in [6.45, 7) is 1.41. The molecule has 2 heterocycles. The number of nitrogens with one attached hydrogen (secondary N) is 2. The molecule has 27 heavy (non-hydrogen) atoms. The number of fused-ring (bicyclic) bond motifs is 2. The number of carbonyl (C=O) groups excluding carboxylic acids is 1. The summed E-state index contributed by atoms with van der Waals surface area (Å²) < 4.78 is 11.0. The zero-order valence-corrected chi connectivity index (χ0v) is 16.0. The largest absolute Gasteiger partial charge is 0.493 e. The number of ether oxygens (including phenoxy) is 2. The van der Waals surface area contributed by atoms with Crippen molar-refractivity contribution in [3.05, 3.63) is 23.3 Å². The van der Waals surface area contributed by atoms with Gasteiger partial charge in [-0.15, -0.1) is 0 Å². The average Bonchev–Trinajstić information content (AvgIpc) is 3.15. The molecular weight excluding hydrogens is 344 g/mol. The zero-order chi connectivity index (χ0) is 19.0. The highest BCUT2D eigenvalue weighted by atomic mass is 16.5. The molecule has 1 unspecified atom stereocenters. The number of nitrogens with zero attached hydrogens (tertiary/aromatic N) is 1. The molecule has 1 saturated carbocycles. The van der Waals surface area contributed by atoms with Crippen LogP contribution in [0.1, 0.15) is 37.7 Å². The fourth-order valence-electron chi connectivity index (χ4n) is 4.49. The van der Waals surface area contributed by atoms with E-state index in [4.69, 9.17) is 15.2 Å². The summed E-state index contributed by atoms with van der Waals surface area (Å²) in [7, 11) is 3.33. The molecule has 7 heteroatoms. The summed E-state index contributed by atoms with van der Waals surface area (Å²) in [6.07, 6.45) is 5.25. The van der Waals surface area contributed by atoms with E-state index in [9.17, 15) is 4.79 Å². The Hall–Kier alpha value is -2.57. The number of urea groups is 1. The number of methoxy groups -OCH3 is 2. The number of primary amides is 1. The molecule has 2 aliphatic heterocycles. The normalized spacial score (nSPS) is 22.0. The Kier molecular flexibility index (Phi) is 4.76. The monoisotopic (exact) mass is 372 g/mol. The summed E-state index contributed by atoms with van der Waals surface area (Å²) in [4.78, 5) is 13.1. The number of rotatable bonds is 4. The predicted octanol–water partition coefficient (Wildman–Crippen LogP) is 2.53. The van der Waals surface area contributed by atoms with Gasteiger partial charge in [0.05, 0.1) is 14.2 Å². The molecular formula is C20H28N4O3. The molecule has 4 rings (SSSR count). The molecule has 1 atom stereocenters. The molecule has 146 valence electrons. The molecule has 4 N–H and O–H groups in total. The molecule has 2 fully saturated rings. The number of hydrogen-bond donors (Lipinski definition) is 3. The van der Waals surface area contributed by atoms with Crippen LogP contribution in [0.3, 0.4) is 0 Å². The van der Waals surface area contributed by atoms with E-state index in [1.165, 1.54) is 17.7 Å². The number of nitrogens with two attached hydrogens (primary N) is 1. The SMILES string of the molecule is COc1cc2c(cc1OC)C(NC1CCN(C(N)=O)CC1)=C1CCCC1N2. The molecule has 0 radical (unpaired) electrons. The summed E-state index contributed by atoms with van der Waals surface area (Å²) in [5.74, 6) is 1.47. The summed E-state index contributed by atoms with van der Waals surface area (Å²) in [5, 5.41) is 7.47. The Balaban J connectivity index is 1.63. The van der Waals surface area contributed by atoms with Crippen LogP contribution in [-0.2, 0) is 0 Å². The first kappa shape index (κ1) is 17.8. The van der Waals surface area contributed by atoms with Crippen molar-refractivity contribution in [1.82, 2.24) is 10.2 Å². The molecule has 3 aliphatic rings. The Labute approximate surface area is 159 Å². The molecule has 0 spiro atoms. The topological polar surface area (TPSA) is 88.8 Å². The Morgan fingerprint density at radius 2 is 1.89 bits per heavy atom. The number of hydrogen-bond acceptors (Lipinski definition) is 5. The third-order valence-electron chi connectivity index (χ3n) is 5.96. The van der Waals surface area contributed by atoms with Crippen molar-refractivity contribution in [2.75, 3.05) is 32.6 Å². The highest BCUT2D eigenvalue weighted by molar-refractivity contribution is 5.84. The van der Waals surface area contributed by atoms with Gasteiger partial charge < -0.3 is 30.7 Å². The number of carbonyl (C=O) groups is 1. The minimum atomic E-state index is -0.324. The van der Waals surface area contributed by atoms with E-state index in [-0.39, 0.29) is 6.03 Å².